The van der Waals surface area contributed by atoms with Gasteiger partial charge in [-0.3, -0.25) is 4.79 Å². The molecule has 0 amide bonds. The zero-order valence-electron chi connectivity index (χ0n) is 9.68. The summed E-state index contributed by atoms with van der Waals surface area (Å²) in [4.78, 5) is 18.6. The number of hydrogen-bond acceptors (Lipinski definition) is 3. The van der Waals surface area contributed by atoms with Gasteiger partial charge in [0, 0.05) is 36.9 Å². The highest BCUT2D eigenvalue weighted by Crippen LogP contribution is 2.33. The summed E-state index contributed by atoms with van der Waals surface area (Å²) in [7, 11) is 0. The molecule has 2 fully saturated rings. The highest BCUT2D eigenvalue weighted by Gasteiger charge is 2.27. The van der Waals surface area contributed by atoms with Crippen molar-refractivity contribution >= 4 is 17.4 Å². The standard InChI is InChI=1S/C12H16ClN3O/c13-9-3-6-15(7-4-9)11-12(17)16(8-5-14-11)10-1-2-10/h5,8-10H,1-4,6-7H2. The number of halogens is 1. The molecule has 0 atom stereocenters. The van der Waals surface area contributed by atoms with E-state index in [1.807, 2.05) is 4.57 Å². The normalized spacial score (nSPS) is 21.8. The number of nitrogens with zero attached hydrogens (tertiary/aromatic N) is 3. The SMILES string of the molecule is O=c1c(N2CCC(Cl)CC2)nccn1C1CC1. The van der Waals surface area contributed by atoms with Crippen LogP contribution in [0.5, 0.6) is 0 Å². The molecular weight excluding hydrogens is 238 g/mol. The molecule has 3 rings (SSSR count). The van der Waals surface area contributed by atoms with Crippen molar-refractivity contribution in [1.29, 1.82) is 0 Å². The zero-order valence-corrected chi connectivity index (χ0v) is 10.4. The van der Waals surface area contributed by atoms with Gasteiger partial charge in [0.05, 0.1) is 0 Å². The maximum absolute atomic E-state index is 12.3. The van der Waals surface area contributed by atoms with Crippen molar-refractivity contribution in [2.45, 2.75) is 37.1 Å². The van der Waals surface area contributed by atoms with Gasteiger partial charge in [-0.2, -0.15) is 0 Å². The first-order valence-electron chi connectivity index (χ1n) is 6.22. The van der Waals surface area contributed by atoms with E-state index in [4.69, 9.17) is 11.6 Å². The highest BCUT2D eigenvalue weighted by molar-refractivity contribution is 6.20. The van der Waals surface area contributed by atoms with E-state index in [-0.39, 0.29) is 10.9 Å². The third-order valence-electron chi connectivity index (χ3n) is 3.51. The van der Waals surface area contributed by atoms with Crippen LogP contribution >= 0.6 is 11.6 Å². The minimum absolute atomic E-state index is 0.0584. The third kappa shape index (κ3) is 2.18. The van der Waals surface area contributed by atoms with E-state index in [0.29, 0.717) is 11.9 Å². The Kier molecular flexibility index (Phi) is 2.82. The summed E-state index contributed by atoms with van der Waals surface area (Å²) in [6.45, 7) is 1.68. The summed E-state index contributed by atoms with van der Waals surface area (Å²) in [6, 6.07) is 0.412. The summed E-state index contributed by atoms with van der Waals surface area (Å²) in [5.74, 6) is 0.600. The maximum atomic E-state index is 12.3. The van der Waals surface area contributed by atoms with Gasteiger partial charge in [-0.1, -0.05) is 0 Å². The van der Waals surface area contributed by atoms with Gasteiger partial charge in [-0.25, -0.2) is 4.98 Å². The monoisotopic (exact) mass is 253 g/mol. The molecule has 0 bridgehead atoms. The molecule has 1 aromatic rings. The average Bonchev–Trinajstić information content (AvgIpc) is 3.15. The van der Waals surface area contributed by atoms with Gasteiger partial charge in [0.1, 0.15) is 0 Å². The lowest BCUT2D eigenvalue weighted by Gasteiger charge is -2.29. The van der Waals surface area contributed by atoms with Crippen LogP contribution in [0.2, 0.25) is 0 Å². The molecule has 0 radical (unpaired) electrons. The van der Waals surface area contributed by atoms with Gasteiger partial charge < -0.3 is 9.47 Å². The van der Waals surface area contributed by atoms with Crippen molar-refractivity contribution in [3.63, 3.8) is 0 Å². The fourth-order valence-electron chi connectivity index (χ4n) is 2.33. The molecule has 1 saturated heterocycles. The van der Waals surface area contributed by atoms with Crippen molar-refractivity contribution in [2.75, 3.05) is 18.0 Å². The smallest absolute Gasteiger partial charge is 0.293 e. The molecule has 1 saturated carbocycles. The van der Waals surface area contributed by atoms with Crippen molar-refractivity contribution in [1.82, 2.24) is 9.55 Å². The minimum Gasteiger partial charge on any atom is -0.352 e. The first-order chi connectivity index (χ1) is 8.25. The van der Waals surface area contributed by atoms with Crippen LogP contribution < -0.4 is 10.5 Å². The summed E-state index contributed by atoms with van der Waals surface area (Å²) in [5.41, 5.74) is 0.0584. The fourth-order valence-corrected chi connectivity index (χ4v) is 2.53. The van der Waals surface area contributed by atoms with Gasteiger partial charge in [0.2, 0.25) is 0 Å². The lowest BCUT2D eigenvalue weighted by Crippen LogP contribution is -2.39. The Morgan fingerprint density at radius 2 is 1.94 bits per heavy atom. The zero-order chi connectivity index (χ0) is 11.8. The van der Waals surface area contributed by atoms with Crippen LogP contribution in [0, 0.1) is 0 Å². The topological polar surface area (TPSA) is 38.1 Å². The lowest BCUT2D eigenvalue weighted by molar-refractivity contribution is 0.572. The number of aromatic nitrogens is 2. The van der Waals surface area contributed by atoms with Gasteiger partial charge in [-0.15, -0.1) is 11.6 Å². The second-order valence-corrected chi connectivity index (χ2v) is 5.47. The molecule has 17 heavy (non-hydrogen) atoms. The summed E-state index contributed by atoms with van der Waals surface area (Å²) < 4.78 is 1.83. The maximum Gasteiger partial charge on any atom is 0.293 e. The van der Waals surface area contributed by atoms with Crippen molar-refractivity contribution < 1.29 is 0 Å². The van der Waals surface area contributed by atoms with Crippen molar-refractivity contribution in [3.8, 4) is 0 Å². The fraction of sp³-hybridized carbons (Fsp3) is 0.667. The molecule has 5 heteroatoms. The second-order valence-electron chi connectivity index (χ2n) is 4.86. The van der Waals surface area contributed by atoms with Crippen molar-refractivity contribution in [3.05, 3.63) is 22.7 Å². The Labute approximate surface area is 105 Å². The molecule has 92 valence electrons. The molecule has 2 aliphatic rings. The summed E-state index contributed by atoms with van der Waals surface area (Å²) in [6.07, 6.45) is 7.64. The van der Waals surface area contributed by atoms with Crippen LogP contribution in [0.25, 0.3) is 0 Å². The molecule has 0 aromatic carbocycles. The Morgan fingerprint density at radius 3 is 2.59 bits per heavy atom. The van der Waals surface area contributed by atoms with Crippen molar-refractivity contribution in [2.24, 2.45) is 0 Å². The largest absolute Gasteiger partial charge is 0.352 e. The molecule has 0 N–H and O–H groups in total. The third-order valence-corrected chi connectivity index (χ3v) is 3.95. The number of rotatable bonds is 2. The first-order valence-corrected chi connectivity index (χ1v) is 6.65. The van der Waals surface area contributed by atoms with E-state index >= 15 is 0 Å². The second kappa shape index (κ2) is 4.33. The van der Waals surface area contributed by atoms with Gasteiger partial charge in [-0.05, 0) is 25.7 Å². The van der Waals surface area contributed by atoms with E-state index in [1.165, 1.54) is 0 Å². The minimum atomic E-state index is 0.0584. The van der Waals surface area contributed by atoms with Gasteiger partial charge >= 0.3 is 0 Å². The first kappa shape index (κ1) is 11.1. The molecular formula is C12H16ClN3O. The van der Waals surface area contributed by atoms with Crippen LogP contribution in [0.4, 0.5) is 5.82 Å². The molecule has 1 aliphatic carbocycles. The Bertz CT molecular complexity index is 461. The molecule has 4 nitrogen and oxygen atoms in total. The Balaban J connectivity index is 1.87. The average molecular weight is 254 g/mol. The van der Waals surface area contributed by atoms with Crippen LogP contribution in [-0.4, -0.2) is 28.0 Å². The highest BCUT2D eigenvalue weighted by atomic mass is 35.5. The number of hydrogen-bond donors (Lipinski definition) is 0. The number of piperidine rings is 1. The quantitative estimate of drug-likeness (QED) is 0.755. The van der Waals surface area contributed by atoms with Gasteiger partial charge in [0.15, 0.2) is 5.82 Å². The van der Waals surface area contributed by atoms with E-state index in [9.17, 15) is 4.79 Å². The number of alkyl halides is 1. The van der Waals surface area contributed by atoms with Gasteiger partial charge in [0.25, 0.3) is 5.56 Å². The van der Waals surface area contributed by atoms with Crippen LogP contribution in [0.3, 0.4) is 0 Å². The Morgan fingerprint density at radius 1 is 1.24 bits per heavy atom. The van der Waals surface area contributed by atoms with Crippen LogP contribution in [0.1, 0.15) is 31.7 Å². The van der Waals surface area contributed by atoms with E-state index < -0.39 is 0 Å². The Hall–Kier alpha value is -1.03. The van der Waals surface area contributed by atoms with Crippen LogP contribution in [-0.2, 0) is 0 Å². The molecule has 2 heterocycles. The van der Waals surface area contributed by atoms with Crippen LogP contribution in [0.15, 0.2) is 17.2 Å². The predicted molar refractivity (Wildman–Crippen MR) is 67.9 cm³/mol. The summed E-state index contributed by atoms with van der Waals surface area (Å²) >= 11 is 6.07. The molecule has 1 aromatic heterocycles. The molecule has 0 spiro atoms. The molecule has 0 unspecified atom stereocenters. The summed E-state index contributed by atoms with van der Waals surface area (Å²) in [5, 5.41) is 0.251. The predicted octanol–water partition coefficient (Wildman–Crippen LogP) is 1.79. The van der Waals surface area contributed by atoms with E-state index in [2.05, 4.69) is 9.88 Å². The lowest BCUT2D eigenvalue weighted by atomic mass is 10.1. The number of anilines is 1. The van der Waals surface area contributed by atoms with E-state index in [0.717, 1.165) is 38.8 Å². The molecule has 1 aliphatic heterocycles. The van der Waals surface area contributed by atoms with E-state index in [1.54, 1.807) is 12.4 Å².